The highest BCUT2D eigenvalue weighted by atomic mass is 127. The molecule has 0 aromatic heterocycles. The first-order valence-electron chi connectivity index (χ1n) is 7.18. The summed E-state index contributed by atoms with van der Waals surface area (Å²) in [5, 5.41) is 6.98. The Morgan fingerprint density at radius 3 is 2.39 bits per heavy atom. The van der Waals surface area contributed by atoms with Crippen LogP contribution in [0, 0.1) is 17.8 Å². The summed E-state index contributed by atoms with van der Waals surface area (Å²) in [4.78, 5) is 4.31. The van der Waals surface area contributed by atoms with Crippen LogP contribution in [-0.2, 0) is 0 Å². The monoisotopic (exact) mass is 365 g/mol. The van der Waals surface area contributed by atoms with Gasteiger partial charge in [-0.2, -0.15) is 0 Å². The van der Waals surface area contributed by atoms with Crippen LogP contribution >= 0.6 is 24.0 Å². The van der Waals surface area contributed by atoms with Crippen LogP contribution in [0.5, 0.6) is 0 Å². The van der Waals surface area contributed by atoms with Crippen molar-refractivity contribution in [1.82, 2.24) is 10.6 Å². The van der Waals surface area contributed by atoms with Crippen molar-refractivity contribution in [2.75, 3.05) is 13.6 Å². The van der Waals surface area contributed by atoms with Crippen LogP contribution in [-0.4, -0.2) is 25.6 Å². The highest BCUT2D eigenvalue weighted by Gasteiger charge is 2.33. The van der Waals surface area contributed by atoms with Gasteiger partial charge in [-0.15, -0.1) is 24.0 Å². The van der Waals surface area contributed by atoms with Crippen LogP contribution in [0.3, 0.4) is 0 Å². The molecule has 0 heterocycles. The Hall–Kier alpha value is 0. The van der Waals surface area contributed by atoms with E-state index in [1.165, 1.54) is 32.1 Å². The smallest absolute Gasteiger partial charge is 0.191 e. The zero-order chi connectivity index (χ0) is 12.3. The number of nitrogens with zero attached hydrogens (tertiary/aromatic N) is 1. The molecule has 2 rings (SSSR count). The Morgan fingerprint density at radius 2 is 1.83 bits per heavy atom. The highest BCUT2D eigenvalue weighted by Crippen LogP contribution is 2.30. The van der Waals surface area contributed by atoms with E-state index in [0.717, 1.165) is 30.3 Å². The first kappa shape index (κ1) is 16.1. The maximum Gasteiger partial charge on any atom is 0.191 e. The minimum Gasteiger partial charge on any atom is -0.356 e. The molecule has 2 saturated carbocycles. The van der Waals surface area contributed by atoms with Crippen molar-refractivity contribution in [3.63, 3.8) is 0 Å². The number of rotatable bonds is 3. The van der Waals surface area contributed by atoms with Crippen molar-refractivity contribution in [3.8, 4) is 0 Å². The van der Waals surface area contributed by atoms with E-state index in [0.29, 0.717) is 6.04 Å². The summed E-state index contributed by atoms with van der Waals surface area (Å²) < 4.78 is 0. The quantitative estimate of drug-likeness (QED) is 0.458. The Balaban J connectivity index is 0.00000162. The number of hydrogen-bond donors (Lipinski definition) is 2. The summed E-state index contributed by atoms with van der Waals surface area (Å²) in [7, 11) is 1.87. The summed E-state index contributed by atoms with van der Waals surface area (Å²) in [6.45, 7) is 5.76. The molecular formula is C14H28IN3. The number of nitrogens with one attached hydrogen (secondary N) is 2. The van der Waals surface area contributed by atoms with Crippen molar-refractivity contribution >= 4 is 29.9 Å². The third-order valence-electron chi connectivity index (χ3n) is 4.48. The lowest BCUT2D eigenvalue weighted by molar-refractivity contribution is 0.256. The third-order valence-corrected chi connectivity index (χ3v) is 4.48. The Kier molecular flexibility index (Phi) is 6.74. The molecule has 2 N–H and O–H groups in total. The summed E-state index contributed by atoms with van der Waals surface area (Å²) >= 11 is 0. The van der Waals surface area contributed by atoms with E-state index in [-0.39, 0.29) is 24.0 Å². The van der Waals surface area contributed by atoms with E-state index in [2.05, 4.69) is 29.5 Å². The predicted octanol–water partition coefficient (Wildman–Crippen LogP) is 3.00. The van der Waals surface area contributed by atoms with Crippen molar-refractivity contribution in [3.05, 3.63) is 0 Å². The Labute approximate surface area is 129 Å². The van der Waals surface area contributed by atoms with Crippen LogP contribution in [0.25, 0.3) is 0 Å². The maximum absolute atomic E-state index is 4.31. The van der Waals surface area contributed by atoms with Gasteiger partial charge in [0.2, 0.25) is 0 Å². The minimum atomic E-state index is 0. The van der Waals surface area contributed by atoms with E-state index in [1.807, 2.05) is 7.05 Å². The Morgan fingerprint density at radius 1 is 1.17 bits per heavy atom. The van der Waals surface area contributed by atoms with Crippen LogP contribution in [0.15, 0.2) is 4.99 Å². The summed E-state index contributed by atoms with van der Waals surface area (Å²) in [6.07, 6.45) is 6.90. The van der Waals surface area contributed by atoms with Crippen molar-refractivity contribution < 1.29 is 0 Å². The van der Waals surface area contributed by atoms with Gasteiger partial charge >= 0.3 is 0 Å². The van der Waals surface area contributed by atoms with Gasteiger partial charge in [0.1, 0.15) is 0 Å². The van der Waals surface area contributed by atoms with E-state index >= 15 is 0 Å². The molecule has 0 aromatic rings. The first-order valence-corrected chi connectivity index (χ1v) is 7.18. The zero-order valence-corrected chi connectivity index (χ0v) is 14.2. The molecule has 0 saturated heterocycles. The molecule has 0 spiro atoms. The molecule has 4 atom stereocenters. The molecule has 0 aromatic carbocycles. The normalized spacial score (nSPS) is 35.6. The van der Waals surface area contributed by atoms with Crippen molar-refractivity contribution in [2.45, 2.75) is 52.0 Å². The minimum absolute atomic E-state index is 0. The molecule has 106 valence electrons. The second-order valence-electron chi connectivity index (χ2n) is 5.94. The maximum atomic E-state index is 4.31. The van der Waals surface area contributed by atoms with Crippen LogP contribution < -0.4 is 10.6 Å². The second kappa shape index (κ2) is 7.56. The van der Waals surface area contributed by atoms with Gasteiger partial charge in [0, 0.05) is 19.6 Å². The molecule has 0 bridgehead atoms. The number of hydrogen-bond acceptors (Lipinski definition) is 1. The fourth-order valence-electron chi connectivity index (χ4n) is 2.82. The molecule has 0 aliphatic heterocycles. The molecule has 2 fully saturated rings. The molecule has 18 heavy (non-hydrogen) atoms. The number of aliphatic imine (C=N–C) groups is 1. The predicted molar refractivity (Wildman–Crippen MR) is 88.6 cm³/mol. The van der Waals surface area contributed by atoms with Gasteiger partial charge in [-0.3, -0.25) is 4.99 Å². The summed E-state index contributed by atoms with van der Waals surface area (Å²) in [5.74, 6) is 3.52. The van der Waals surface area contributed by atoms with Gasteiger partial charge in [0.05, 0.1) is 0 Å². The SMILES string of the molecule is CN=C(NCC1CCCCC1C)NC1CC1C.I. The average molecular weight is 365 g/mol. The van der Waals surface area contributed by atoms with Crippen LogP contribution in [0.2, 0.25) is 0 Å². The first-order chi connectivity index (χ1) is 8.20. The van der Waals surface area contributed by atoms with Gasteiger partial charge in [0.25, 0.3) is 0 Å². The average Bonchev–Trinajstić information content (AvgIpc) is 3.02. The molecule has 0 radical (unpaired) electrons. The number of halogens is 1. The molecule has 4 unspecified atom stereocenters. The Bertz CT molecular complexity index is 280. The standard InChI is InChI=1S/C14H27N3.HI/c1-10-6-4-5-7-12(10)9-16-14(15-3)17-13-8-11(13)2;/h10-13H,4-9H2,1-3H3,(H2,15,16,17);1H. The van der Waals surface area contributed by atoms with Gasteiger partial charge in [-0.05, 0) is 30.6 Å². The summed E-state index contributed by atoms with van der Waals surface area (Å²) in [6, 6.07) is 0.657. The van der Waals surface area contributed by atoms with E-state index in [4.69, 9.17) is 0 Å². The fourth-order valence-corrected chi connectivity index (χ4v) is 2.82. The fraction of sp³-hybridized carbons (Fsp3) is 0.929. The van der Waals surface area contributed by atoms with Crippen molar-refractivity contribution in [2.24, 2.45) is 22.7 Å². The summed E-state index contributed by atoms with van der Waals surface area (Å²) in [5.41, 5.74) is 0. The lowest BCUT2D eigenvalue weighted by atomic mass is 9.80. The van der Waals surface area contributed by atoms with Crippen LogP contribution in [0.4, 0.5) is 0 Å². The largest absolute Gasteiger partial charge is 0.356 e. The van der Waals surface area contributed by atoms with Crippen LogP contribution in [0.1, 0.15) is 46.0 Å². The molecule has 2 aliphatic rings. The molecule has 0 amide bonds. The molecule has 3 nitrogen and oxygen atoms in total. The lowest BCUT2D eigenvalue weighted by Crippen LogP contribution is -2.42. The molecule has 2 aliphatic carbocycles. The van der Waals surface area contributed by atoms with E-state index in [9.17, 15) is 0 Å². The third kappa shape index (κ3) is 4.59. The second-order valence-corrected chi connectivity index (χ2v) is 5.94. The molecular weight excluding hydrogens is 337 g/mol. The lowest BCUT2D eigenvalue weighted by Gasteiger charge is -2.29. The van der Waals surface area contributed by atoms with Gasteiger partial charge in [-0.1, -0.05) is 33.1 Å². The topological polar surface area (TPSA) is 36.4 Å². The van der Waals surface area contributed by atoms with Crippen molar-refractivity contribution in [1.29, 1.82) is 0 Å². The van der Waals surface area contributed by atoms with Gasteiger partial charge < -0.3 is 10.6 Å². The highest BCUT2D eigenvalue weighted by molar-refractivity contribution is 14.0. The zero-order valence-electron chi connectivity index (χ0n) is 11.9. The van der Waals surface area contributed by atoms with E-state index in [1.54, 1.807) is 0 Å². The molecule has 4 heteroatoms. The number of guanidine groups is 1. The van der Waals surface area contributed by atoms with Gasteiger partial charge in [0.15, 0.2) is 5.96 Å². The van der Waals surface area contributed by atoms with E-state index < -0.39 is 0 Å². The van der Waals surface area contributed by atoms with Gasteiger partial charge in [-0.25, -0.2) is 0 Å².